The summed E-state index contributed by atoms with van der Waals surface area (Å²) in [5.74, 6) is -4.86. The van der Waals surface area contributed by atoms with Crippen molar-refractivity contribution in [3.8, 4) is 90.1 Å². The number of halogens is 8. The maximum absolute atomic E-state index is 14.5. The average molecular weight is 1850 g/mol. The first-order valence-electron chi connectivity index (χ1n) is 43.4. The zero-order chi connectivity index (χ0) is 95.4. The molecule has 4 amide bonds. The molecule has 0 atom stereocenters. The van der Waals surface area contributed by atoms with E-state index < -0.39 is 40.7 Å². The Morgan fingerprint density at radius 3 is 1.00 bits per heavy atom. The normalized spacial score (nSPS) is 11.6. The van der Waals surface area contributed by atoms with Crippen molar-refractivity contribution >= 4 is 80.2 Å². The van der Waals surface area contributed by atoms with E-state index >= 15 is 0 Å². The zero-order valence-electron chi connectivity index (χ0n) is 74.1. The van der Waals surface area contributed by atoms with Gasteiger partial charge in [0.1, 0.15) is 34.9 Å². The van der Waals surface area contributed by atoms with Crippen LogP contribution in [0.3, 0.4) is 0 Å². The first kappa shape index (κ1) is 90.3. The highest BCUT2D eigenvalue weighted by molar-refractivity contribution is 6.33. The molecule has 0 spiro atoms. The molecule has 137 heavy (non-hydrogen) atoms. The Balaban J connectivity index is 0.000000122. The van der Waals surface area contributed by atoms with Crippen molar-refractivity contribution in [2.75, 3.05) is 21.3 Å². The maximum Gasteiger partial charge on any atom is 0.258 e. The van der Waals surface area contributed by atoms with Gasteiger partial charge in [-0.05, 0) is 217 Å². The molecule has 21 rings (SSSR count). The van der Waals surface area contributed by atoms with Crippen LogP contribution >= 0.6 is 11.6 Å². The van der Waals surface area contributed by atoms with Crippen molar-refractivity contribution in [1.82, 2.24) is 57.5 Å². The van der Waals surface area contributed by atoms with Crippen molar-refractivity contribution in [2.45, 2.75) is 60.3 Å². The minimum atomic E-state index is -0.957. The van der Waals surface area contributed by atoms with Crippen molar-refractivity contribution < 1.29 is 49.9 Å². The fourth-order valence-corrected chi connectivity index (χ4v) is 16.3. The summed E-state index contributed by atoms with van der Waals surface area (Å²) in [5.41, 5.74) is 20.0. The molecule has 0 radical (unpaired) electrons. The van der Waals surface area contributed by atoms with E-state index in [4.69, 9.17) is 11.6 Å². The molecule has 4 N–H and O–H groups in total. The van der Waals surface area contributed by atoms with Gasteiger partial charge < -0.3 is 21.3 Å². The molecule has 676 valence electrons. The molecule has 20 aromatic rings. The van der Waals surface area contributed by atoms with Crippen LogP contribution in [0.4, 0.5) is 53.6 Å². The van der Waals surface area contributed by atoms with E-state index in [0.29, 0.717) is 96.1 Å². The number of aryl methyl sites for hydroxylation is 6. The van der Waals surface area contributed by atoms with Gasteiger partial charge in [-0.25, -0.2) is 55.7 Å². The summed E-state index contributed by atoms with van der Waals surface area (Å²) < 4.78 is 106. The van der Waals surface area contributed by atoms with Gasteiger partial charge in [-0.15, -0.1) is 0 Å². The van der Waals surface area contributed by atoms with E-state index in [1.807, 2.05) is 177 Å². The van der Waals surface area contributed by atoms with Crippen LogP contribution in [0.2, 0.25) is 5.02 Å². The van der Waals surface area contributed by atoms with E-state index in [0.717, 1.165) is 109 Å². The van der Waals surface area contributed by atoms with E-state index in [1.165, 1.54) is 42.5 Å². The van der Waals surface area contributed by atoms with Gasteiger partial charge in [-0.1, -0.05) is 132 Å². The van der Waals surface area contributed by atoms with Crippen LogP contribution in [0.5, 0.6) is 0 Å². The standard InChI is InChI=1S/C30H23F2N3O.C27H20ClFN4O.C26H19F2N5O.C26H18F2N4O/c1-18-7-12-21(13-8-18)34-30(36)25-16-20(11-14-22(25)19-9-10-19)23-5-3-15-35-27(23)17-33-29(35)24-4-2-6-26(31)28(24)32;1-16-8-10-19(11-9-16)32-27(34)22-13-18(14-30-17(22)2)20-6-4-12-33-24(20)15-31-26(33)21-5-3-7-23(29)25(21)28;1-15-8-9-23(30-12-15)32-26(34)20-11-17(13-29-16(20)2)18-6-4-10-33-22(18)14-31-25(33)19-5-3-7-21(27)24(19)28;1-16-21(26(33)31-18-7-3-2-4-8-18)13-17(14-29-16)19-10-6-12-32-23(19)15-30-25(32)20-9-5-11-22(27)24(20)28/h2-8,11-17,19H,9-10H2,1H3,(H,34,36);3-15H,1-2H3,(H,32,34);3-14H,1-2H3,(H,30,32,34);2-15H,1H3,(H,31,33). The van der Waals surface area contributed by atoms with Crippen molar-refractivity contribution in [2.24, 2.45) is 0 Å². The van der Waals surface area contributed by atoms with Crippen LogP contribution in [0.1, 0.15) is 99.5 Å². The van der Waals surface area contributed by atoms with Crippen molar-refractivity contribution in [3.63, 3.8) is 0 Å². The smallest absolute Gasteiger partial charge is 0.258 e. The van der Waals surface area contributed by atoms with Crippen LogP contribution < -0.4 is 21.3 Å². The Morgan fingerprint density at radius 1 is 0.292 bits per heavy atom. The van der Waals surface area contributed by atoms with Gasteiger partial charge in [0.05, 0.1) is 102 Å². The lowest BCUT2D eigenvalue weighted by atomic mass is 9.96. The van der Waals surface area contributed by atoms with Gasteiger partial charge in [-0.2, -0.15) is 0 Å². The summed E-state index contributed by atoms with van der Waals surface area (Å²) in [7, 11) is 0. The van der Waals surface area contributed by atoms with Gasteiger partial charge in [0, 0.05) is 117 Å². The molecule has 12 aromatic heterocycles. The molecule has 1 saturated carbocycles. The molecule has 8 aromatic carbocycles. The maximum atomic E-state index is 14.5. The number of anilines is 4. The Morgan fingerprint density at radius 2 is 0.620 bits per heavy atom. The van der Waals surface area contributed by atoms with Gasteiger partial charge in [0.15, 0.2) is 34.9 Å². The number of amides is 4. The van der Waals surface area contributed by atoms with Gasteiger partial charge in [0.2, 0.25) is 0 Å². The van der Waals surface area contributed by atoms with E-state index in [2.05, 4.69) is 61.1 Å². The van der Waals surface area contributed by atoms with Crippen LogP contribution in [-0.2, 0) is 0 Å². The number of hydrogen-bond donors (Lipinski definition) is 4. The molecule has 0 bridgehead atoms. The number of carbonyl (C=O) groups excluding carboxylic acids is 4. The Kier molecular flexibility index (Phi) is 25.7. The number of rotatable bonds is 17. The summed E-state index contributed by atoms with van der Waals surface area (Å²) in [5, 5.41) is 11.7. The summed E-state index contributed by atoms with van der Waals surface area (Å²) in [6.45, 7) is 11.2. The molecule has 1 aliphatic carbocycles. The SMILES string of the molecule is Cc1ccc(NC(=O)c2cc(-c3cccn4c(-c5cccc(F)c5Cl)ncc34)cnc2C)cc1.Cc1ccc(NC(=O)c2cc(-c3cccn4c(-c5cccc(F)c5F)ncc34)ccc2C2CC2)cc1.Cc1ccc(NC(=O)c2cc(-c3cccn4c(-c5cccc(F)c5F)ncc34)cnc2C)nc1.Cc1ncc(-c2cccn3c(-c4cccc(F)c4F)ncc23)cc1C(=O)Nc1ccccc1. The highest BCUT2D eigenvalue weighted by Gasteiger charge is 2.30. The van der Waals surface area contributed by atoms with Gasteiger partial charge in [-0.3, -0.25) is 51.7 Å². The number of hydrogen-bond acceptors (Lipinski definition) is 12. The Hall–Kier alpha value is -17.2. The molecule has 0 saturated heterocycles. The highest BCUT2D eigenvalue weighted by atomic mass is 35.5. The summed E-state index contributed by atoms with van der Waals surface area (Å²) in [4.78, 5) is 87.3. The second-order valence-electron chi connectivity index (χ2n) is 32.7. The molecule has 12 heterocycles. The summed E-state index contributed by atoms with van der Waals surface area (Å²) in [6, 6.07) is 71.0. The van der Waals surface area contributed by atoms with E-state index in [1.54, 1.807) is 145 Å². The fourth-order valence-electron chi connectivity index (χ4n) is 16.1. The molecule has 1 fully saturated rings. The number of nitrogens with one attached hydrogen (secondary N) is 4. The van der Waals surface area contributed by atoms with Crippen molar-refractivity contribution in [3.05, 3.63) is 430 Å². The Bertz CT molecular complexity index is 7850. The molecular weight excluding hydrogens is 1770 g/mol. The fraction of sp³-hybridized carbons (Fsp3) is 0.0826. The number of nitrogens with zero attached hydrogens (tertiary/aromatic N) is 12. The monoisotopic (exact) mass is 1840 g/mol. The van der Waals surface area contributed by atoms with Crippen LogP contribution in [0.25, 0.3) is 112 Å². The summed E-state index contributed by atoms with van der Waals surface area (Å²) >= 11 is 6.21. The number of aromatic nitrogens is 12. The summed E-state index contributed by atoms with van der Waals surface area (Å²) in [6.07, 6.45) is 22.5. The zero-order valence-corrected chi connectivity index (χ0v) is 74.9. The molecular formula is C109H80ClF7N16O4. The molecule has 20 nitrogen and oxygen atoms in total. The van der Waals surface area contributed by atoms with Gasteiger partial charge in [0.25, 0.3) is 23.6 Å². The lowest BCUT2D eigenvalue weighted by molar-refractivity contribution is 0.101. The molecule has 0 aliphatic heterocycles. The third kappa shape index (κ3) is 19.0. The number of carbonyl (C=O) groups is 4. The molecule has 0 unspecified atom stereocenters. The topological polar surface area (TPSA) is 237 Å². The van der Waals surface area contributed by atoms with Crippen LogP contribution in [0.15, 0.2) is 323 Å². The Labute approximate surface area is 785 Å². The van der Waals surface area contributed by atoms with Crippen LogP contribution in [-0.4, -0.2) is 81.1 Å². The highest BCUT2D eigenvalue weighted by Crippen LogP contribution is 2.44. The van der Waals surface area contributed by atoms with Crippen molar-refractivity contribution in [1.29, 1.82) is 0 Å². The minimum absolute atomic E-state index is 0.0208. The van der Waals surface area contributed by atoms with E-state index in [9.17, 15) is 49.9 Å². The predicted octanol–water partition coefficient (Wildman–Crippen LogP) is 25.6. The third-order valence-corrected chi connectivity index (χ3v) is 23.8. The van der Waals surface area contributed by atoms with Crippen LogP contribution in [0, 0.1) is 82.3 Å². The second kappa shape index (κ2) is 38.9. The van der Waals surface area contributed by atoms with E-state index in [-0.39, 0.29) is 57.0 Å². The minimum Gasteiger partial charge on any atom is -0.322 e. The number of fused-ring (bicyclic) bond motifs is 4. The number of benzene rings is 8. The predicted molar refractivity (Wildman–Crippen MR) is 518 cm³/mol. The first-order valence-corrected chi connectivity index (χ1v) is 43.8. The largest absolute Gasteiger partial charge is 0.322 e. The second-order valence-corrected chi connectivity index (χ2v) is 33.1. The number of pyridine rings is 8. The lowest BCUT2D eigenvalue weighted by Gasteiger charge is -2.13. The number of para-hydroxylation sites is 1. The molecule has 1 aliphatic rings. The third-order valence-electron chi connectivity index (χ3n) is 23.4. The first-order chi connectivity index (χ1) is 66.4. The molecule has 28 heteroatoms. The number of imidazole rings is 4. The average Bonchev–Trinajstić information content (AvgIpc) is 1.66. The quantitative estimate of drug-likeness (QED) is 0.0623. The van der Waals surface area contributed by atoms with Gasteiger partial charge >= 0.3 is 0 Å². The lowest BCUT2D eigenvalue weighted by Crippen LogP contribution is -2.15.